The van der Waals surface area contributed by atoms with Gasteiger partial charge in [-0.3, -0.25) is 14.2 Å². The van der Waals surface area contributed by atoms with Crippen molar-refractivity contribution in [2.75, 3.05) is 5.32 Å². The van der Waals surface area contributed by atoms with Gasteiger partial charge in [0.05, 0.1) is 11.7 Å². The number of hydrogen-bond acceptors (Lipinski definition) is 4. The van der Waals surface area contributed by atoms with E-state index < -0.39 is 6.04 Å². The molecule has 1 unspecified atom stereocenters. The Balaban J connectivity index is 1.72. The molecule has 30 heavy (non-hydrogen) atoms. The van der Waals surface area contributed by atoms with Gasteiger partial charge in [-0.05, 0) is 37.0 Å². The maximum Gasteiger partial charge on any atom is 0.263 e. The van der Waals surface area contributed by atoms with Gasteiger partial charge in [0, 0.05) is 16.6 Å². The van der Waals surface area contributed by atoms with Crippen molar-refractivity contribution in [2.24, 2.45) is 0 Å². The minimum absolute atomic E-state index is 0.205. The summed E-state index contributed by atoms with van der Waals surface area (Å²) in [5, 5.41) is 5.52. The van der Waals surface area contributed by atoms with Crippen molar-refractivity contribution in [3.05, 3.63) is 81.7 Å². The second-order valence-electron chi connectivity index (χ2n) is 7.28. The van der Waals surface area contributed by atoms with Gasteiger partial charge in [0.1, 0.15) is 10.9 Å². The predicted octanol–water partition coefficient (Wildman–Crippen LogP) is 5.20. The lowest BCUT2D eigenvalue weighted by atomic mass is 10.1. The molecule has 2 heterocycles. The average Bonchev–Trinajstić information content (AvgIpc) is 3.20. The third-order valence-corrected chi connectivity index (χ3v) is 6.28. The number of para-hydroxylation sites is 1. The van der Waals surface area contributed by atoms with Gasteiger partial charge in [-0.2, -0.15) is 0 Å². The Labute approximate surface area is 179 Å². The smallest absolute Gasteiger partial charge is 0.263 e. The summed E-state index contributed by atoms with van der Waals surface area (Å²) in [6.45, 7) is 5.75. The van der Waals surface area contributed by atoms with Crippen LogP contribution in [-0.2, 0) is 11.2 Å². The third kappa shape index (κ3) is 3.55. The molecule has 2 aromatic carbocycles. The van der Waals surface area contributed by atoms with Crippen molar-refractivity contribution in [2.45, 2.75) is 33.2 Å². The first-order valence-corrected chi connectivity index (χ1v) is 10.8. The Bertz CT molecular complexity index is 1270. The van der Waals surface area contributed by atoms with E-state index in [1.165, 1.54) is 22.2 Å². The largest absolute Gasteiger partial charge is 0.324 e. The Morgan fingerprint density at radius 2 is 1.93 bits per heavy atom. The fourth-order valence-electron chi connectivity index (χ4n) is 3.61. The summed E-state index contributed by atoms with van der Waals surface area (Å²) in [6, 6.07) is 15.0. The fraction of sp³-hybridized carbons (Fsp3) is 0.208. The highest BCUT2D eigenvalue weighted by Crippen LogP contribution is 2.30. The van der Waals surface area contributed by atoms with Crippen LogP contribution in [0.5, 0.6) is 0 Å². The summed E-state index contributed by atoms with van der Waals surface area (Å²) in [5.41, 5.74) is 4.50. The summed E-state index contributed by atoms with van der Waals surface area (Å²) in [7, 11) is 0. The van der Waals surface area contributed by atoms with Crippen LogP contribution in [-0.4, -0.2) is 15.5 Å². The molecule has 1 N–H and O–H groups in total. The van der Waals surface area contributed by atoms with Gasteiger partial charge in [-0.1, -0.05) is 55.5 Å². The summed E-state index contributed by atoms with van der Waals surface area (Å²) in [4.78, 5) is 31.5. The highest BCUT2D eigenvalue weighted by molar-refractivity contribution is 7.17. The molecule has 1 amide bonds. The third-order valence-electron chi connectivity index (χ3n) is 5.39. The molecule has 0 spiro atoms. The SMILES string of the molecule is CCc1cccc(C)c1NC(=O)C(C)n1cnc2scc(-c3ccccc3)c2c1=O. The van der Waals surface area contributed by atoms with Crippen LogP contribution in [0.2, 0.25) is 0 Å². The van der Waals surface area contributed by atoms with Gasteiger partial charge in [0.2, 0.25) is 5.91 Å². The molecule has 0 fully saturated rings. The normalized spacial score (nSPS) is 12.1. The standard InChI is InChI=1S/C24H23N3O2S/c1-4-17-12-8-9-15(2)21(17)26-22(28)16(3)27-14-25-23-20(24(27)29)19(13-30-23)18-10-6-5-7-11-18/h5-14,16H,4H2,1-3H3,(H,26,28). The lowest BCUT2D eigenvalue weighted by Crippen LogP contribution is -2.32. The molecule has 4 rings (SSSR count). The molecule has 0 saturated heterocycles. The number of nitrogens with one attached hydrogen (secondary N) is 1. The Morgan fingerprint density at radius 3 is 2.67 bits per heavy atom. The molecule has 152 valence electrons. The van der Waals surface area contributed by atoms with E-state index in [-0.39, 0.29) is 11.5 Å². The van der Waals surface area contributed by atoms with Crippen molar-refractivity contribution >= 4 is 33.1 Å². The maximum atomic E-state index is 13.3. The van der Waals surface area contributed by atoms with Crippen LogP contribution in [0.3, 0.4) is 0 Å². The summed E-state index contributed by atoms with van der Waals surface area (Å²) >= 11 is 1.44. The minimum atomic E-state index is -0.692. The number of amides is 1. The molecule has 0 radical (unpaired) electrons. The molecule has 0 saturated carbocycles. The van der Waals surface area contributed by atoms with Crippen LogP contribution < -0.4 is 10.9 Å². The van der Waals surface area contributed by atoms with E-state index in [9.17, 15) is 9.59 Å². The molecule has 5 nitrogen and oxygen atoms in total. The first kappa shape index (κ1) is 20.0. The van der Waals surface area contributed by atoms with E-state index in [4.69, 9.17) is 0 Å². The second kappa shape index (κ2) is 8.24. The van der Waals surface area contributed by atoms with Gasteiger partial charge in [0.25, 0.3) is 5.56 Å². The number of thiophene rings is 1. The number of rotatable bonds is 5. The monoisotopic (exact) mass is 417 g/mol. The highest BCUT2D eigenvalue weighted by atomic mass is 32.1. The van der Waals surface area contributed by atoms with Crippen LogP contribution in [0.4, 0.5) is 5.69 Å². The van der Waals surface area contributed by atoms with Crippen LogP contribution in [0.25, 0.3) is 21.3 Å². The van der Waals surface area contributed by atoms with E-state index in [1.807, 2.05) is 60.8 Å². The molecule has 0 aliphatic rings. The molecule has 6 heteroatoms. The molecule has 2 aromatic heterocycles. The Morgan fingerprint density at radius 1 is 1.17 bits per heavy atom. The average molecular weight is 418 g/mol. The quantitative estimate of drug-likeness (QED) is 0.486. The van der Waals surface area contributed by atoms with Crippen LogP contribution in [0, 0.1) is 6.92 Å². The summed E-state index contributed by atoms with van der Waals surface area (Å²) in [6.07, 6.45) is 2.28. The Kier molecular flexibility index (Phi) is 5.50. The number of benzene rings is 2. The van der Waals surface area contributed by atoms with Gasteiger partial charge in [-0.25, -0.2) is 4.98 Å². The number of anilines is 1. The van der Waals surface area contributed by atoms with Crippen LogP contribution in [0.15, 0.2) is 65.0 Å². The first-order valence-electron chi connectivity index (χ1n) is 9.94. The molecular formula is C24H23N3O2S. The maximum absolute atomic E-state index is 13.3. The van der Waals surface area contributed by atoms with E-state index in [0.717, 1.165) is 34.4 Å². The summed E-state index contributed by atoms with van der Waals surface area (Å²) in [5.74, 6) is -0.237. The van der Waals surface area contributed by atoms with E-state index in [1.54, 1.807) is 6.92 Å². The molecule has 0 aliphatic carbocycles. The Hall–Kier alpha value is -3.25. The van der Waals surface area contributed by atoms with E-state index in [2.05, 4.69) is 17.2 Å². The topological polar surface area (TPSA) is 64.0 Å². The number of aromatic nitrogens is 2. The molecule has 1 atom stereocenters. The van der Waals surface area contributed by atoms with Gasteiger partial charge < -0.3 is 5.32 Å². The molecule has 0 aliphatic heterocycles. The predicted molar refractivity (Wildman–Crippen MR) is 123 cm³/mol. The zero-order valence-electron chi connectivity index (χ0n) is 17.2. The molecule has 4 aromatic rings. The lowest BCUT2D eigenvalue weighted by molar-refractivity contribution is -0.118. The molecule has 0 bridgehead atoms. The van der Waals surface area contributed by atoms with Crippen molar-refractivity contribution in [1.82, 2.24) is 9.55 Å². The van der Waals surface area contributed by atoms with Crippen LogP contribution in [0.1, 0.15) is 31.0 Å². The van der Waals surface area contributed by atoms with Gasteiger partial charge >= 0.3 is 0 Å². The van der Waals surface area contributed by atoms with Crippen molar-refractivity contribution < 1.29 is 4.79 Å². The van der Waals surface area contributed by atoms with Gasteiger partial charge in [0.15, 0.2) is 0 Å². The van der Waals surface area contributed by atoms with E-state index in [0.29, 0.717) is 10.2 Å². The van der Waals surface area contributed by atoms with Crippen molar-refractivity contribution in [1.29, 1.82) is 0 Å². The van der Waals surface area contributed by atoms with Gasteiger partial charge in [-0.15, -0.1) is 11.3 Å². The number of hydrogen-bond donors (Lipinski definition) is 1. The molecular weight excluding hydrogens is 394 g/mol. The van der Waals surface area contributed by atoms with Crippen molar-refractivity contribution in [3.8, 4) is 11.1 Å². The number of aryl methyl sites for hydroxylation is 2. The summed E-state index contributed by atoms with van der Waals surface area (Å²) < 4.78 is 1.42. The fourth-order valence-corrected chi connectivity index (χ4v) is 4.51. The zero-order chi connectivity index (χ0) is 21.3. The lowest BCUT2D eigenvalue weighted by Gasteiger charge is -2.18. The van der Waals surface area contributed by atoms with Crippen LogP contribution >= 0.6 is 11.3 Å². The second-order valence-corrected chi connectivity index (χ2v) is 8.14. The number of nitrogens with zero attached hydrogens (tertiary/aromatic N) is 2. The first-order chi connectivity index (χ1) is 14.5. The highest BCUT2D eigenvalue weighted by Gasteiger charge is 2.21. The zero-order valence-corrected chi connectivity index (χ0v) is 18.0. The number of carbonyl (C=O) groups excluding carboxylic acids is 1. The van der Waals surface area contributed by atoms with E-state index >= 15 is 0 Å². The number of fused-ring (bicyclic) bond motifs is 1. The van der Waals surface area contributed by atoms with Crippen molar-refractivity contribution in [3.63, 3.8) is 0 Å². The minimum Gasteiger partial charge on any atom is -0.324 e. The number of carbonyl (C=O) groups is 1.